The molecule has 0 spiro atoms. The Morgan fingerprint density at radius 1 is 0.875 bits per heavy atom. The number of rotatable bonds is 2. The largest absolute Gasteiger partial charge is 0.479 e. The van der Waals surface area contributed by atoms with Gasteiger partial charge in [-0.1, -0.05) is 0 Å². The summed E-state index contributed by atoms with van der Waals surface area (Å²) in [6.45, 7) is 0. The van der Waals surface area contributed by atoms with Gasteiger partial charge < -0.3 is 10.2 Å². The highest BCUT2D eigenvalue weighted by atomic mass is 17.7. The summed E-state index contributed by atoms with van der Waals surface area (Å²) in [5, 5.41) is 26.3. The van der Waals surface area contributed by atoms with Crippen molar-refractivity contribution in [3.63, 3.8) is 0 Å². The second-order valence-corrected chi connectivity index (χ2v) is 3.77. The Bertz CT molecular complexity index is 280. The summed E-state index contributed by atoms with van der Waals surface area (Å²) >= 11 is 0. The molecule has 8 heteroatoms. The topological polar surface area (TPSA) is 112 Å². The molecule has 0 bridgehead atoms. The van der Waals surface area contributed by atoms with E-state index < -0.39 is 23.1 Å². The van der Waals surface area contributed by atoms with Crippen molar-refractivity contribution < 1.29 is 39.7 Å². The molecule has 0 aromatic rings. The molecule has 2 unspecified atom stereocenters. The number of aliphatic carboxylic acids is 2. The van der Waals surface area contributed by atoms with Crippen LogP contribution in [0.4, 0.5) is 0 Å². The molecule has 2 aliphatic rings. The van der Waals surface area contributed by atoms with Crippen LogP contribution in [0.15, 0.2) is 0 Å². The van der Waals surface area contributed by atoms with E-state index in [4.69, 9.17) is 10.2 Å². The van der Waals surface area contributed by atoms with Crippen LogP contribution in [0.1, 0.15) is 25.7 Å². The molecule has 0 amide bonds. The summed E-state index contributed by atoms with van der Waals surface area (Å²) < 4.78 is 0. The molecular formula is C8H10O8. The minimum absolute atomic E-state index is 0.0159. The average Bonchev–Trinajstić information content (AvgIpc) is 2.28. The summed E-state index contributed by atoms with van der Waals surface area (Å²) in [5.41, 5.74) is -4.12. The number of carboxylic acids is 2. The molecule has 2 atom stereocenters. The zero-order valence-electron chi connectivity index (χ0n) is 8.17. The number of carboxylic acid groups (broad SMARTS) is 2. The number of hydrogen-bond acceptors (Lipinski definition) is 6. The van der Waals surface area contributed by atoms with E-state index in [1.54, 1.807) is 0 Å². The molecule has 1 saturated heterocycles. The van der Waals surface area contributed by atoms with Crippen LogP contribution in [0.3, 0.4) is 0 Å². The Labute approximate surface area is 89.4 Å². The highest BCUT2D eigenvalue weighted by Crippen LogP contribution is 2.46. The van der Waals surface area contributed by atoms with Gasteiger partial charge in [-0.2, -0.15) is 9.78 Å². The normalized spacial score (nSPS) is 38.8. The monoisotopic (exact) mass is 234 g/mol. The summed E-state index contributed by atoms with van der Waals surface area (Å²) in [6.07, 6.45) is 0.984. The Balaban J connectivity index is 2.47. The lowest BCUT2D eigenvalue weighted by atomic mass is 9.71. The van der Waals surface area contributed by atoms with E-state index >= 15 is 0 Å². The van der Waals surface area contributed by atoms with Gasteiger partial charge in [0.15, 0.2) is 0 Å². The first-order valence-electron chi connectivity index (χ1n) is 4.72. The molecule has 1 aliphatic heterocycles. The molecule has 1 aliphatic carbocycles. The highest BCUT2D eigenvalue weighted by molar-refractivity contribution is 5.91. The zero-order valence-corrected chi connectivity index (χ0v) is 8.17. The maximum atomic E-state index is 11.2. The first-order chi connectivity index (χ1) is 7.55. The van der Waals surface area contributed by atoms with Crippen molar-refractivity contribution in [3.05, 3.63) is 0 Å². The smallest absolute Gasteiger partial charge is 0.343 e. The van der Waals surface area contributed by atoms with E-state index in [2.05, 4.69) is 19.9 Å². The van der Waals surface area contributed by atoms with Crippen molar-refractivity contribution >= 4 is 11.9 Å². The fraction of sp³-hybridized carbons (Fsp3) is 0.750. The van der Waals surface area contributed by atoms with Crippen molar-refractivity contribution in [2.45, 2.75) is 36.9 Å². The minimum atomic E-state index is -2.06. The van der Waals surface area contributed by atoms with Crippen molar-refractivity contribution in [1.82, 2.24) is 0 Å². The van der Waals surface area contributed by atoms with Crippen molar-refractivity contribution in [3.8, 4) is 0 Å². The lowest BCUT2D eigenvalue weighted by molar-refractivity contribution is -0.710. The summed E-state index contributed by atoms with van der Waals surface area (Å²) in [4.78, 5) is 31.6. The van der Waals surface area contributed by atoms with Gasteiger partial charge in [0, 0.05) is 0 Å². The van der Waals surface area contributed by atoms with Gasteiger partial charge in [-0.3, -0.25) is 0 Å². The third-order valence-electron chi connectivity index (χ3n) is 3.03. The van der Waals surface area contributed by atoms with Gasteiger partial charge in [0.2, 0.25) is 11.2 Å². The van der Waals surface area contributed by atoms with E-state index in [0.29, 0.717) is 12.8 Å². The van der Waals surface area contributed by atoms with Gasteiger partial charge in [0.1, 0.15) is 0 Å². The first kappa shape index (κ1) is 11.3. The summed E-state index contributed by atoms with van der Waals surface area (Å²) in [5.74, 6) is -2.89. The second kappa shape index (κ2) is 3.67. The van der Waals surface area contributed by atoms with Crippen LogP contribution in [0.2, 0.25) is 0 Å². The molecule has 0 aromatic carbocycles. The van der Waals surface area contributed by atoms with Crippen LogP contribution in [0.5, 0.6) is 0 Å². The van der Waals surface area contributed by atoms with Gasteiger partial charge in [-0.05, 0) is 35.8 Å². The number of fused-ring (bicyclic) bond motifs is 1. The molecule has 2 N–H and O–H groups in total. The molecule has 0 radical (unpaired) electrons. The van der Waals surface area contributed by atoms with Crippen molar-refractivity contribution in [2.75, 3.05) is 0 Å². The molecule has 16 heavy (non-hydrogen) atoms. The van der Waals surface area contributed by atoms with Crippen molar-refractivity contribution in [1.29, 1.82) is 0 Å². The Morgan fingerprint density at radius 3 is 1.56 bits per heavy atom. The molecule has 2 fully saturated rings. The zero-order chi connectivity index (χ0) is 11.8. The number of carbonyl (C=O) groups is 2. The first-order valence-corrected chi connectivity index (χ1v) is 4.72. The van der Waals surface area contributed by atoms with Gasteiger partial charge in [0.05, 0.1) is 0 Å². The van der Waals surface area contributed by atoms with Gasteiger partial charge in [-0.15, -0.1) is 0 Å². The predicted octanol–water partition coefficient (Wildman–Crippen LogP) is 0.0322. The fourth-order valence-electron chi connectivity index (χ4n) is 2.14. The van der Waals surface area contributed by atoms with E-state index in [1.165, 1.54) is 0 Å². The summed E-state index contributed by atoms with van der Waals surface area (Å²) in [7, 11) is 0. The second-order valence-electron chi connectivity index (χ2n) is 3.77. The fourth-order valence-corrected chi connectivity index (χ4v) is 2.14. The maximum absolute atomic E-state index is 11.2. The molecular weight excluding hydrogens is 224 g/mol. The van der Waals surface area contributed by atoms with E-state index in [-0.39, 0.29) is 12.8 Å². The van der Waals surface area contributed by atoms with Gasteiger partial charge >= 0.3 is 11.9 Å². The Kier molecular flexibility index (Phi) is 2.58. The van der Waals surface area contributed by atoms with Gasteiger partial charge in [0.25, 0.3) is 0 Å². The van der Waals surface area contributed by atoms with Crippen LogP contribution < -0.4 is 0 Å². The van der Waals surface area contributed by atoms with E-state index in [0.717, 1.165) is 0 Å². The van der Waals surface area contributed by atoms with Gasteiger partial charge in [-0.25, -0.2) is 9.59 Å². The van der Waals surface area contributed by atoms with Crippen LogP contribution in [0.25, 0.3) is 0 Å². The summed E-state index contributed by atoms with van der Waals surface area (Å²) in [6, 6.07) is 0. The molecule has 90 valence electrons. The highest BCUT2D eigenvalue weighted by Gasteiger charge is 2.70. The standard InChI is InChI=1S/C8H10O8/c9-5(10)7-3-1-2-4-8(7,6(11)12)14-16-15-13-7/h1-4H2,(H,9,10)(H,11,12). The SMILES string of the molecule is O=C(O)C12CCCCC1(C(=O)O)OOOO2. The van der Waals surface area contributed by atoms with Crippen LogP contribution in [-0.2, 0) is 29.4 Å². The third kappa shape index (κ3) is 1.24. The molecule has 0 aromatic heterocycles. The van der Waals surface area contributed by atoms with Crippen molar-refractivity contribution in [2.24, 2.45) is 0 Å². The Morgan fingerprint density at radius 2 is 1.25 bits per heavy atom. The predicted molar refractivity (Wildman–Crippen MR) is 43.5 cm³/mol. The number of hydrogen-bond donors (Lipinski definition) is 2. The van der Waals surface area contributed by atoms with E-state index in [9.17, 15) is 9.59 Å². The maximum Gasteiger partial charge on any atom is 0.343 e. The van der Waals surface area contributed by atoms with Crippen LogP contribution >= 0.6 is 0 Å². The molecule has 8 nitrogen and oxygen atoms in total. The molecule has 1 heterocycles. The minimum Gasteiger partial charge on any atom is -0.479 e. The van der Waals surface area contributed by atoms with Crippen LogP contribution in [0, 0.1) is 0 Å². The quantitative estimate of drug-likeness (QED) is 0.643. The lowest BCUT2D eigenvalue weighted by Crippen LogP contribution is -2.69. The van der Waals surface area contributed by atoms with Crippen LogP contribution in [-0.4, -0.2) is 33.4 Å². The lowest BCUT2D eigenvalue weighted by Gasteiger charge is -2.45. The molecule has 1 saturated carbocycles. The average molecular weight is 234 g/mol. The van der Waals surface area contributed by atoms with E-state index in [1.807, 2.05) is 0 Å². The third-order valence-corrected chi connectivity index (χ3v) is 3.03. The molecule has 2 rings (SSSR count). The Hall–Kier alpha value is -1.22.